The average molecular weight is 425 g/mol. The summed E-state index contributed by atoms with van der Waals surface area (Å²) < 4.78 is 53.1. The van der Waals surface area contributed by atoms with Gasteiger partial charge in [-0.2, -0.15) is 13.2 Å². The molecule has 0 heterocycles. The lowest BCUT2D eigenvalue weighted by Crippen LogP contribution is -2.26. The summed E-state index contributed by atoms with van der Waals surface area (Å²) in [5.74, 6) is 0. The number of hydrogen-bond acceptors (Lipinski definition) is 1. The van der Waals surface area contributed by atoms with Crippen molar-refractivity contribution in [3.05, 3.63) is 88.9 Å². The molecule has 3 aromatic rings. The van der Waals surface area contributed by atoms with Crippen LogP contribution in [0.3, 0.4) is 0 Å². The Hall–Kier alpha value is -1.84. The summed E-state index contributed by atoms with van der Waals surface area (Å²) in [7, 11) is -3.30. The summed E-state index contributed by atoms with van der Waals surface area (Å²) in [6, 6.07) is 20.9. The average Bonchev–Trinajstić information content (AvgIpc) is 2.62. The summed E-state index contributed by atoms with van der Waals surface area (Å²) in [6.45, 7) is 0. The highest BCUT2D eigenvalue weighted by Crippen LogP contribution is 2.45. The number of benzene rings is 3. The Morgan fingerprint density at radius 1 is 0.760 bits per heavy atom. The Morgan fingerprint density at radius 2 is 1.24 bits per heavy atom. The maximum Gasteiger partial charge on any atom is 0.416 e. The molecule has 128 valence electrons. The fourth-order valence-electron chi connectivity index (χ4n) is 2.64. The van der Waals surface area contributed by atoms with Gasteiger partial charge < -0.3 is 4.57 Å². The van der Waals surface area contributed by atoms with Gasteiger partial charge in [-0.25, -0.2) is 0 Å². The Bertz CT molecular complexity index is 881. The molecule has 0 aromatic heterocycles. The van der Waals surface area contributed by atoms with Crippen LogP contribution in [0.2, 0.25) is 0 Å². The van der Waals surface area contributed by atoms with Crippen LogP contribution in [0.25, 0.3) is 0 Å². The number of alkyl halides is 3. The van der Waals surface area contributed by atoms with Crippen LogP contribution in [0.1, 0.15) is 5.56 Å². The second-order valence-corrected chi connectivity index (χ2v) is 9.03. The highest BCUT2D eigenvalue weighted by Gasteiger charge is 2.35. The minimum absolute atomic E-state index is 0.179. The summed E-state index contributed by atoms with van der Waals surface area (Å²) in [5, 5.41) is 1.49. The Labute approximate surface area is 152 Å². The first-order valence-electron chi connectivity index (χ1n) is 7.42. The molecule has 0 fully saturated rings. The van der Waals surface area contributed by atoms with E-state index in [1.54, 1.807) is 60.7 Å². The number of halogens is 4. The van der Waals surface area contributed by atoms with Crippen molar-refractivity contribution in [2.75, 3.05) is 0 Å². The lowest BCUT2D eigenvalue weighted by Gasteiger charge is -2.22. The maximum absolute atomic E-state index is 14.1. The Kier molecular flexibility index (Phi) is 4.90. The van der Waals surface area contributed by atoms with Gasteiger partial charge in [-0.15, -0.1) is 0 Å². The SMILES string of the molecule is O=P(c1ccccc1)(c1ccccc1)c1ccc(C(F)(F)F)cc1Br. The van der Waals surface area contributed by atoms with Crippen molar-refractivity contribution in [1.29, 1.82) is 0 Å². The van der Waals surface area contributed by atoms with Crippen LogP contribution in [0, 0.1) is 0 Å². The van der Waals surface area contributed by atoms with Gasteiger partial charge in [0.15, 0.2) is 7.14 Å². The molecule has 0 N–H and O–H groups in total. The third-order valence-corrected chi connectivity index (χ3v) is 7.94. The summed E-state index contributed by atoms with van der Waals surface area (Å²) in [5.41, 5.74) is -0.782. The van der Waals surface area contributed by atoms with Crippen molar-refractivity contribution >= 4 is 39.0 Å². The molecular formula is C19H13BrF3OP. The van der Waals surface area contributed by atoms with Gasteiger partial charge in [-0.1, -0.05) is 60.7 Å². The highest BCUT2D eigenvalue weighted by atomic mass is 79.9. The summed E-state index contributed by atoms with van der Waals surface area (Å²) >= 11 is 3.20. The molecular weight excluding hydrogens is 412 g/mol. The van der Waals surface area contributed by atoms with E-state index in [0.29, 0.717) is 15.9 Å². The molecule has 0 aliphatic rings. The molecule has 3 aromatic carbocycles. The van der Waals surface area contributed by atoms with E-state index in [2.05, 4.69) is 15.9 Å². The predicted octanol–water partition coefficient (Wildman–Crippen LogP) is 5.11. The Morgan fingerprint density at radius 3 is 1.64 bits per heavy atom. The van der Waals surface area contributed by atoms with E-state index in [-0.39, 0.29) is 4.47 Å². The van der Waals surface area contributed by atoms with Gasteiger partial charge in [0.1, 0.15) is 0 Å². The zero-order chi connectivity index (χ0) is 18.1. The highest BCUT2D eigenvalue weighted by molar-refractivity contribution is 9.10. The second kappa shape index (κ2) is 6.81. The van der Waals surface area contributed by atoms with E-state index in [0.717, 1.165) is 12.1 Å². The monoisotopic (exact) mass is 424 g/mol. The maximum atomic E-state index is 14.1. The molecule has 0 bridgehead atoms. The van der Waals surface area contributed by atoms with Crippen LogP contribution in [0.5, 0.6) is 0 Å². The Balaban J connectivity index is 2.26. The first-order chi connectivity index (χ1) is 11.8. The molecule has 3 rings (SSSR count). The molecule has 25 heavy (non-hydrogen) atoms. The molecule has 0 aliphatic carbocycles. The van der Waals surface area contributed by atoms with Crippen molar-refractivity contribution < 1.29 is 17.7 Å². The minimum Gasteiger partial charge on any atom is -0.309 e. The van der Waals surface area contributed by atoms with Crippen LogP contribution in [-0.4, -0.2) is 0 Å². The van der Waals surface area contributed by atoms with Crippen LogP contribution in [0.4, 0.5) is 13.2 Å². The quantitative estimate of drug-likeness (QED) is 0.534. The number of hydrogen-bond donors (Lipinski definition) is 0. The van der Waals surface area contributed by atoms with Gasteiger partial charge in [0.05, 0.1) is 5.56 Å². The van der Waals surface area contributed by atoms with Crippen LogP contribution >= 0.6 is 23.1 Å². The van der Waals surface area contributed by atoms with Crippen LogP contribution < -0.4 is 15.9 Å². The van der Waals surface area contributed by atoms with E-state index in [9.17, 15) is 17.7 Å². The topological polar surface area (TPSA) is 17.1 Å². The van der Waals surface area contributed by atoms with E-state index in [4.69, 9.17) is 0 Å². The molecule has 0 radical (unpaired) electrons. The van der Waals surface area contributed by atoms with E-state index in [1.807, 2.05) is 0 Å². The van der Waals surface area contributed by atoms with Crippen molar-refractivity contribution in [2.45, 2.75) is 6.18 Å². The van der Waals surface area contributed by atoms with Gasteiger partial charge >= 0.3 is 6.18 Å². The molecule has 6 heteroatoms. The van der Waals surface area contributed by atoms with Gasteiger partial charge in [0, 0.05) is 20.4 Å². The molecule has 0 atom stereocenters. The van der Waals surface area contributed by atoms with Crippen molar-refractivity contribution in [1.82, 2.24) is 0 Å². The third kappa shape index (κ3) is 3.44. The third-order valence-electron chi connectivity index (χ3n) is 3.85. The number of rotatable bonds is 3. The van der Waals surface area contributed by atoms with Crippen molar-refractivity contribution in [2.24, 2.45) is 0 Å². The summed E-state index contributed by atoms with van der Waals surface area (Å²) in [6.07, 6.45) is -4.45. The van der Waals surface area contributed by atoms with Crippen LogP contribution in [0.15, 0.2) is 83.3 Å². The molecule has 0 saturated carbocycles. The normalized spacial score (nSPS) is 12.2. The van der Waals surface area contributed by atoms with E-state index < -0.39 is 18.9 Å². The fraction of sp³-hybridized carbons (Fsp3) is 0.0526. The zero-order valence-corrected chi connectivity index (χ0v) is 15.4. The molecule has 0 saturated heterocycles. The fourth-order valence-corrected chi connectivity index (χ4v) is 6.46. The molecule has 0 unspecified atom stereocenters. The summed E-state index contributed by atoms with van der Waals surface area (Å²) in [4.78, 5) is 0. The lowest BCUT2D eigenvalue weighted by molar-refractivity contribution is -0.137. The molecule has 0 aliphatic heterocycles. The second-order valence-electron chi connectivity index (χ2n) is 5.44. The van der Waals surface area contributed by atoms with Gasteiger partial charge in [0.2, 0.25) is 0 Å². The van der Waals surface area contributed by atoms with Gasteiger partial charge in [-0.3, -0.25) is 0 Å². The minimum atomic E-state index is -4.45. The molecule has 0 spiro atoms. The van der Waals surface area contributed by atoms with Gasteiger partial charge in [0.25, 0.3) is 0 Å². The van der Waals surface area contributed by atoms with Gasteiger partial charge in [-0.05, 0) is 34.1 Å². The predicted molar refractivity (Wildman–Crippen MR) is 98.5 cm³/mol. The molecule has 0 amide bonds. The van der Waals surface area contributed by atoms with E-state index in [1.165, 1.54) is 6.07 Å². The van der Waals surface area contributed by atoms with Crippen LogP contribution in [-0.2, 0) is 10.7 Å². The standard InChI is InChI=1S/C19H13BrF3OP/c20-17-13-14(19(21,22)23)11-12-18(17)25(24,15-7-3-1-4-8-15)16-9-5-2-6-10-16/h1-13H. The van der Waals surface area contributed by atoms with Crippen molar-refractivity contribution in [3.63, 3.8) is 0 Å². The smallest absolute Gasteiger partial charge is 0.309 e. The zero-order valence-electron chi connectivity index (χ0n) is 12.9. The first kappa shape index (κ1) is 18.0. The first-order valence-corrected chi connectivity index (χ1v) is 9.92. The van der Waals surface area contributed by atoms with E-state index >= 15 is 0 Å². The largest absolute Gasteiger partial charge is 0.416 e. The lowest BCUT2D eigenvalue weighted by atomic mass is 10.2. The van der Waals surface area contributed by atoms with Crippen molar-refractivity contribution in [3.8, 4) is 0 Å². The molecule has 1 nitrogen and oxygen atoms in total.